The first-order valence-corrected chi connectivity index (χ1v) is 9.43. The molecule has 0 amide bonds. The van der Waals surface area contributed by atoms with Crippen molar-refractivity contribution in [1.82, 2.24) is 10.0 Å². The van der Waals surface area contributed by atoms with E-state index in [1.807, 2.05) is 22.6 Å². The summed E-state index contributed by atoms with van der Waals surface area (Å²) in [6.07, 6.45) is -0.683. The Hall–Kier alpha value is -1.99. The fourth-order valence-electron chi connectivity index (χ4n) is 2.66. The Morgan fingerprint density at radius 1 is 1.39 bits per heavy atom. The van der Waals surface area contributed by atoms with Crippen molar-refractivity contribution in [3.63, 3.8) is 0 Å². The Morgan fingerprint density at radius 3 is 2.82 bits per heavy atom. The van der Waals surface area contributed by atoms with E-state index in [1.165, 1.54) is 36.1 Å². The topological polar surface area (TPSA) is 109 Å². The largest absolute Gasteiger partial charge is 0.464 e. The molecule has 0 aliphatic rings. The summed E-state index contributed by atoms with van der Waals surface area (Å²) >= 11 is 1.99. The molecule has 150 valence electrons. The highest BCUT2D eigenvalue weighted by Gasteiger charge is 2.24. The molecule has 0 fully saturated rings. The fourth-order valence-corrected chi connectivity index (χ4v) is 3.11. The number of hydrogen-bond donors (Lipinski definition) is 4. The molecule has 0 aliphatic heterocycles. The van der Waals surface area contributed by atoms with Gasteiger partial charge in [0.2, 0.25) is 0 Å². The van der Waals surface area contributed by atoms with Gasteiger partial charge in [0.25, 0.3) is 5.56 Å². The number of hydroxylamine groups is 1. The van der Waals surface area contributed by atoms with Crippen LogP contribution in [0.2, 0.25) is 0 Å². The van der Waals surface area contributed by atoms with Gasteiger partial charge < -0.3 is 19.9 Å². The summed E-state index contributed by atoms with van der Waals surface area (Å²) in [5, 5.41) is 22.8. The third-order valence-corrected chi connectivity index (χ3v) is 4.80. The van der Waals surface area contributed by atoms with Crippen LogP contribution in [0.15, 0.2) is 39.7 Å². The highest BCUT2D eigenvalue weighted by atomic mass is 127. The standard InChI is InChI=1S/C18H19FIN3O5/c1-9(8-24)28-22-17(25)14-15-11(5-6-27-15)18(26)23(2)16(14)21-13-4-3-10(20)7-12(13)19/h3-7,9,17,21-22,24-25H,8H2,1-2H3/t9-,17?/m0/s1. The molecule has 3 aromatic rings. The zero-order valence-corrected chi connectivity index (χ0v) is 17.2. The number of benzene rings is 1. The lowest BCUT2D eigenvalue weighted by Crippen LogP contribution is -2.30. The summed E-state index contributed by atoms with van der Waals surface area (Å²) < 4.78 is 21.7. The lowest BCUT2D eigenvalue weighted by atomic mass is 10.1. The van der Waals surface area contributed by atoms with Crippen LogP contribution in [-0.2, 0) is 11.9 Å². The molecule has 0 saturated heterocycles. The SMILES string of the molecule is C[C@@H](CO)ONC(O)c1c(Nc2ccc(I)cc2F)n(C)c(=O)c2ccoc12. The van der Waals surface area contributed by atoms with Crippen LogP contribution in [-0.4, -0.2) is 27.5 Å². The quantitative estimate of drug-likeness (QED) is 0.223. The van der Waals surface area contributed by atoms with Gasteiger partial charge in [0, 0.05) is 10.6 Å². The first-order chi connectivity index (χ1) is 13.3. The fraction of sp³-hybridized carbons (Fsp3) is 0.278. The second-order valence-corrected chi connectivity index (χ2v) is 7.42. The molecule has 0 aliphatic carbocycles. The number of aromatic nitrogens is 1. The molecule has 2 aromatic heterocycles. The zero-order valence-electron chi connectivity index (χ0n) is 15.1. The van der Waals surface area contributed by atoms with Gasteiger partial charge in [-0.15, -0.1) is 0 Å². The Kier molecular flexibility index (Phi) is 6.35. The van der Waals surface area contributed by atoms with Gasteiger partial charge in [0.1, 0.15) is 17.2 Å². The summed E-state index contributed by atoms with van der Waals surface area (Å²) in [5.74, 6) is -0.384. The number of pyridine rings is 1. The summed E-state index contributed by atoms with van der Waals surface area (Å²) in [5.41, 5.74) is 2.45. The van der Waals surface area contributed by atoms with Crippen LogP contribution in [0.1, 0.15) is 18.7 Å². The molecule has 0 radical (unpaired) electrons. The number of fused-ring (bicyclic) bond motifs is 1. The molecule has 1 unspecified atom stereocenters. The van der Waals surface area contributed by atoms with Crippen LogP contribution in [0.25, 0.3) is 11.0 Å². The van der Waals surface area contributed by atoms with Crippen LogP contribution in [0.3, 0.4) is 0 Å². The normalized spacial score (nSPS) is 13.6. The number of hydrogen-bond acceptors (Lipinski definition) is 7. The highest BCUT2D eigenvalue weighted by Crippen LogP contribution is 2.32. The van der Waals surface area contributed by atoms with E-state index in [2.05, 4.69) is 10.8 Å². The lowest BCUT2D eigenvalue weighted by molar-refractivity contribution is -0.105. The smallest absolute Gasteiger partial charge is 0.263 e. The molecule has 1 aromatic carbocycles. The zero-order chi connectivity index (χ0) is 20.4. The summed E-state index contributed by atoms with van der Waals surface area (Å²) in [6.45, 7) is 1.34. The van der Waals surface area contributed by atoms with Crippen LogP contribution >= 0.6 is 22.6 Å². The van der Waals surface area contributed by atoms with E-state index in [1.54, 1.807) is 13.0 Å². The summed E-state index contributed by atoms with van der Waals surface area (Å²) in [7, 11) is 1.50. The summed E-state index contributed by atoms with van der Waals surface area (Å²) in [4.78, 5) is 17.8. The monoisotopic (exact) mass is 503 g/mol. The number of furan rings is 1. The van der Waals surface area contributed by atoms with Gasteiger partial charge in [-0.2, -0.15) is 5.48 Å². The van der Waals surface area contributed by atoms with Gasteiger partial charge in [0.05, 0.1) is 35.6 Å². The van der Waals surface area contributed by atoms with Gasteiger partial charge in [-0.05, 0) is 53.8 Å². The van der Waals surface area contributed by atoms with Crippen LogP contribution in [0.4, 0.5) is 15.9 Å². The molecule has 2 atom stereocenters. The van der Waals surface area contributed by atoms with Crippen molar-refractivity contribution in [2.45, 2.75) is 19.3 Å². The molecule has 8 nitrogen and oxygen atoms in total. The van der Waals surface area contributed by atoms with E-state index in [0.717, 1.165) is 0 Å². The maximum absolute atomic E-state index is 14.3. The van der Waals surface area contributed by atoms with E-state index in [9.17, 15) is 14.3 Å². The van der Waals surface area contributed by atoms with Crippen molar-refractivity contribution in [2.24, 2.45) is 7.05 Å². The Labute approximate surface area is 173 Å². The second kappa shape index (κ2) is 8.57. The number of nitrogens with one attached hydrogen (secondary N) is 2. The number of halogens is 2. The minimum absolute atomic E-state index is 0.124. The third kappa shape index (κ3) is 4.05. The first-order valence-electron chi connectivity index (χ1n) is 8.35. The van der Waals surface area contributed by atoms with Gasteiger partial charge in [-0.25, -0.2) is 4.39 Å². The van der Waals surface area contributed by atoms with E-state index in [0.29, 0.717) is 3.57 Å². The molecule has 2 heterocycles. The van der Waals surface area contributed by atoms with Crippen molar-refractivity contribution in [3.05, 3.63) is 55.8 Å². The van der Waals surface area contributed by atoms with Gasteiger partial charge in [0.15, 0.2) is 6.23 Å². The Morgan fingerprint density at radius 2 is 2.14 bits per heavy atom. The van der Waals surface area contributed by atoms with E-state index >= 15 is 0 Å². The van der Waals surface area contributed by atoms with Crippen LogP contribution in [0, 0.1) is 9.39 Å². The van der Waals surface area contributed by atoms with Gasteiger partial charge >= 0.3 is 0 Å². The predicted octanol–water partition coefficient (Wildman–Crippen LogP) is 2.51. The number of aliphatic hydroxyl groups excluding tert-OH is 2. The molecule has 0 saturated carbocycles. The molecule has 0 spiro atoms. The van der Waals surface area contributed by atoms with Crippen molar-refractivity contribution < 1.29 is 23.9 Å². The number of anilines is 2. The van der Waals surface area contributed by atoms with E-state index in [4.69, 9.17) is 14.4 Å². The molecule has 3 rings (SSSR count). The molecule has 10 heteroatoms. The van der Waals surface area contributed by atoms with E-state index in [-0.39, 0.29) is 40.2 Å². The van der Waals surface area contributed by atoms with Gasteiger partial charge in [-0.1, -0.05) is 0 Å². The van der Waals surface area contributed by atoms with Crippen molar-refractivity contribution in [2.75, 3.05) is 11.9 Å². The van der Waals surface area contributed by atoms with Gasteiger partial charge in [-0.3, -0.25) is 14.2 Å². The highest BCUT2D eigenvalue weighted by molar-refractivity contribution is 14.1. The number of aliphatic hydroxyl groups is 2. The number of nitrogens with zero attached hydrogens (tertiary/aromatic N) is 1. The maximum Gasteiger partial charge on any atom is 0.263 e. The van der Waals surface area contributed by atoms with E-state index < -0.39 is 18.1 Å². The average molecular weight is 503 g/mol. The van der Waals surface area contributed by atoms with Crippen molar-refractivity contribution in [1.29, 1.82) is 0 Å². The third-order valence-electron chi connectivity index (χ3n) is 4.13. The molecule has 28 heavy (non-hydrogen) atoms. The van der Waals surface area contributed by atoms with Crippen molar-refractivity contribution >= 4 is 45.1 Å². The van der Waals surface area contributed by atoms with Crippen LogP contribution < -0.4 is 16.4 Å². The molecular formula is C18H19FIN3O5. The number of rotatable bonds is 7. The minimum Gasteiger partial charge on any atom is -0.464 e. The average Bonchev–Trinajstić information content (AvgIpc) is 3.15. The maximum atomic E-state index is 14.3. The van der Waals surface area contributed by atoms with Crippen molar-refractivity contribution in [3.8, 4) is 0 Å². The predicted molar refractivity (Wildman–Crippen MR) is 110 cm³/mol. The van der Waals surface area contributed by atoms with Crippen LogP contribution in [0.5, 0.6) is 0 Å². The molecule has 4 N–H and O–H groups in total. The minimum atomic E-state index is -1.43. The first kappa shape index (κ1) is 20.7. The Balaban J connectivity index is 2.11. The molecular weight excluding hydrogens is 484 g/mol. The summed E-state index contributed by atoms with van der Waals surface area (Å²) in [6, 6.07) is 6.06. The lowest BCUT2D eigenvalue weighted by Gasteiger charge is -2.22. The second-order valence-electron chi connectivity index (χ2n) is 6.17. The Bertz CT molecular complexity index is 1050. The molecule has 0 bridgehead atoms.